The number of halogens is 4. The lowest BCUT2D eigenvalue weighted by molar-refractivity contribution is 0.345. The molecule has 0 fully saturated rings. The van der Waals surface area contributed by atoms with E-state index in [4.69, 9.17) is 34.8 Å². The fourth-order valence-corrected chi connectivity index (χ4v) is 0.321. The highest BCUT2D eigenvalue weighted by atomic mass is 35.5. The second-order valence-corrected chi connectivity index (χ2v) is 2.34. The van der Waals surface area contributed by atoms with Gasteiger partial charge in [0.05, 0.1) is 11.8 Å². The summed E-state index contributed by atoms with van der Waals surface area (Å²) in [7, 11) is 0. The zero-order valence-corrected chi connectivity index (χ0v) is 5.69. The summed E-state index contributed by atoms with van der Waals surface area (Å²) in [6.45, 7) is 0. The van der Waals surface area contributed by atoms with Crippen molar-refractivity contribution in [3.05, 3.63) is 0 Å². The minimum atomic E-state index is -1.91. The Morgan fingerprint density at radius 3 is 1.57 bits per heavy atom. The predicted molar refractivity (Wildman–Crippen MR) is 31.1 cm³/mol. The van der Waals surface area contributed by atoms with Crippen molar-refractivity contribution in [3.63, 3.8) is 0 Å². The third kappa shape index (κ3) is 3.39. The van der Waals surface area contributed by atoms with E-state index in [1.54, 1.807) is 0 Å². The van der Waals surface area contributed by atoms with Gasteiger partial charge in [-0.15, -0.1) is 23.2 Å². The highest BCUT2D eigenvalue weighted by Crippen LogP contribution is 2.19. The molecule has 7 heavy (non-hydrogen) atoms. The van der Waals surface area contributed by atoms with E-state index in [0.717, 1.165) is 0 Å². The molecule has 0 unspecified atom stereocenters. The van der Waals surface area contributed by atoms with Crippen molar-refractivity contribution in [1.82, 2.24) is 0 Å². The van der Waals surface area contributed by atoms with Gasteiger partial charge in [0.2, 0.25) is 5.13 Å². The molecule has 0 atom stereocenters. The van der Waals surface area contributed by atoms with Gasteiger partial charge in [-0.05, 0) is 0 Å². The van der Waals surface area contributed by atoms with Crippen molar-refractivity contribution in [2.45, 2.75) is 5.13 Å². The zero-order chi connectivity index (χ0) is 5.91. The van der Waals surface area contributed by atoms with Gasteiger partial charge in [0.15, 0.2) is 0 Å². The monoisotopic (exact) mass is 164 g/mol. The normalized spacial score (nSPS) is 12.0. The van der Waals surface area contributed by atoms with E-state index in [0.29, 0.717) is 0 Å². The molecule has 0 bridgehead atoms. The van der Waals surface area contributed by atoms with Gasteiger partial charge in [0.25, 0.3) is 0 Å². The standard InChI is InChI=1S/C3H4Cl3F/c4-1-3(6,7)2-5/h1-2H2. The van der Waals surface area contributed by atoms with Crippen LogP contribution in [0.2, 0.25) is 0 Å². The summed E-state index contributed by atoms with van der Waals surface area (Å²) in [5.41, 5.74) is 0. The lowest BCUT2D eigenvalue weighted by atomic mass is 10.5. The Morgan fingerprint density at radius 2 is 1.57 bits per heavy atom. The van der Waals surface area contributed by atoms with Crippen molar-refractivity contribution in [2.75, 3.05) is 11.8 Å². The molecule has 0 radical (unpaired) electrons. The molecular weight excluding hydrogens is 161 g/mol. The third-order valence-corrected chi connectivity index (χ3v) is 1.78. The van der Waals surface area contributed by atoms with Crippen LogP contribution in [0.1, 0.15) is 0 Å². The highest BCUT2D eigenvalue weighted by Gasteiger charge is 2.22. The summed E-state index contributed by atoms with van der Waals surface area (Å²) in [6, 6.07) is 0. The van der Waals surface area contributed by atoms with Crippen molar-refractivity contribution in [1.29, 1.82) is 0 Å². The number of hydrogen-bond donors (Lipinski definition) is 0. The Labute approximate surface area is 56.5 Å². The van der Waals surface area contributed by atoms with Gasteiger partial charge in [-0.2, -0.15) is 0 Å². The van der Waals surface area contributed by atoms with E-state index in [1.807, 2.05) is 0 Å². The average molecular weight is 165 g/mol. The van der Waals surface area contributed by atoms with E-state index >= 15 is 0 Å². The fraction of sp³-hybridized carbons (Fsp3) is 1.00. The molecule has 0 aromatic rings. The van der Waals surface area contributed by atoms with E-state index < -0.39 is 5.13 Å². The summed E-state index contributed by atoms with van der Waals surface area (Å²) >= 11 is 15.0. The van der Waals surface area contributed by atoms with Crippen LogP contribution >= 0.6 is 34.8 Å². The highest BCUT2D eigenvalue weighted by molar-refractivity contribution is 6.34. The largest absolute Gasteiger partial charge is 0.224 e. The van der Waals surface area contributed by atoms with E-state index in [9.17, 15) is 4.39 Å². The van der Waals surface area contributed by atoms with Crippen LogP contribution in [0.3, 0.4) is 0 Å². The van der Waals surface area contributed by atoms with Crippen LogP contribution in [0.15, 0.2) is 0 Å². The molecule has 0 aromatic carbocycles. The zero-order valence-electron chi connectivity index (χ0n) is 3.43. The van der Waals surface area contributed by atoms with Gasteiger partial charge in [0.1, 0.15) is 0 Å². The van der Waals surface area contributed by atoms with Crippen molar-refractivity contribution < 1.29 is 4.39 Å². The lowest BCUT2D eigenvalue weighted by Gasteiger charge is -2.07. The molecule has 0 nitrogen and oxygen atoms in total. The number of alkyl halides is 4. The topological polar surface area (TPSA) is 0 Å². The van der Waals surface area contributed by atoms with Crippen LogP contribution in [0.4, 0.5) is 4.39 Å². The molecule has 0 saturated heterocycles. The molecule has 0 aliphatic carbocycles. The van der Waals surface area contributed by atoms with Gasteiger partial charge < -0.3 is 0 Å². The van der Waals surface area contributed by atoms with Crippen molar-refractivity contribution in [2.24, 2.45) is 0 Å². The Hall–Kier alpha value is 0.800. The van der Waals surface area contributed by atoms with Crippen LogP contribution in [0.25, 0.3) is 0 Å². The molecule has 0 aliphatic rings. The average Bonchev–Trinajstić information content (AvgIpc) is 1.68. The van der Waals surface area contributed by atoms with Crippen LogP contribution in [0.5, 0.6) is 0 Å². The van der Waals surface area contributed by atoms with Crippen LogP contribution in [0, 0.1) is 0 Å². The summed E-state index contributed by atoms with van der Waals surface area (Å²) in [6.07, 6.45) is 0. The summed E-state index contributed by atoms with van der Waals surface area (Å²) in [5.74, 6) is -0.532. The second kappa shape index (κ2) is 2.95. The van der Waals surface area contributed by atoms with Crippen LogP contribution < -0.4 is 0 Å². The van der Waals surface area contributed by atoms with Gasteiger partial charge >= 0.3 is 0 Å². The smallest absolute Gasteiger partial charge is 0.210 e. The van der Waals surface area contributed by atoms with Gasteiger partial charge in [-0.25, -0.2) is 4.39 Å². The lowest BCUT2D eigenvalue weighted by Crippen LogP contribution is -2.17. The second-order valence-electron chi connectivity index (χ2n) is 1.12. The third-order valence-electron chi connectivity index (χ3n) is 0.391. The van der Waals surface area contributed by atoms with Gasteiger partial charge in [0, 0.05) is 0 Å². The van der Waals surface area contributed by atoms with Crippen LogP contribution in [-0.2, 0) is 0 Å². The van der Waals surface area contributed by atoms with E-state index in [2.05, 4.69) is 0 Å². The van der Waals surface area contributed by atoms with Crippen LogP contribution in [-0.4, -0.2) is 16.9 Å². The molecule has 44 valence electrons. The first-order valence-electron chi connectivity index (χ1n) is 1.62. The Bertz CT molecular complexity index is 48.1. The maximum Gasteiger partial charge on any atom is 0.210 e. The maximum absolute atomic E-state index is 12.1. The molecule has 0 N–H and O–H groups in total. The molecule has 0 heterocycles. The first kappa shape index (κ1) is 7.80. The number of hydrogen-bond acceptors (Lipinski definition) is 0. The maximum atomic E-state index is 12.1. The molecule has 0 aromatic heterocycles. The minimum absolute atomic E-state index is 0.266. The first-order valence-corrected chi connectivity index (χ1v) is 3.07. The molecule has 0 rings (SSSR count). The van der Waals surface area contributed by atoms with E-state index in [-0.39, 0.29) is 11.8 Å². The molecule has 4 heteroatoms. The van der Waals surface area contributed by atoms with Gasteiger partial charge in [-0.3, -0.25) is 0 Å². The molecule has 0 saturated carbocycles. The van der Waals surface area contributed by atoms with Crippen molar-refractivity contribution >= 4 is 34.8 Å². The predicted octanol–water partition coefficient (Wildman–Crippen LogP) is 2.37. The molecular formula is C3H4Cl3F. The Kier molecular flexibility index (Phi) is 3.29. The summed E-state index contributed by atoms with van der Waals surface area (Å²) in [4.78, 5) is 0. The van der Waals surface area contributed by atoms with E-state index in [1.165, 1.54) is 0 Å². The molecule has 0 aliphatic heterocycles. The first-order chi connectivity index (χ1) is 3.12. The van der Waals surface area contributed by atoms with Crippen molar-refractivity contribution in [3.8, 4) is 0 Å². The molecule has 0 amide bonds. The summed E-state index contributed by atoms with van der Waals surface area (Å²) < 4.78 is 12.1. The fourth-order valence-electron chi connectivity index (χ4n) is 0.0357. The Balaban J connectivity index is 3.36. The molecule has 0 spiro atoms. The Morgan fingerprint density at radius 1 is 1.29 bits per heavy atom. The quantitative estimate of drug-likeness (QED) is 0.551. The number of rotatable bonds is 2. The SMILES string of the molecule is FC(Cl)(CCl)CCl. The minimum Gasteiger partial charge on any atom is -0.224 e. The van der Waals surface area contributed by atoms with Gasteiger partial charge in [-0.1, -0.05) is 11.6 Å². The summed E-state index contributed by atoms with van der Waals surface area (Å²) in [5, 5.41) is -1.91.